The molecule has 1 aromatic heterocycles. The van der Waals surface area contributed by atoms with Gasteiger partial charge in [-0.15, -0.1) is 0 Å². The third-order valence-electron chi connectivity index (χ3n) is 8.97. The number of benzene rings is 1. The third-order valence-corrected chi connectivity index (χ3v) is 8.97. The molecule has 2 aliphatic carbocycles. The first-order valence-corrected chi connectivity index (χ1v) is 15.1. The predicted molar refractivity (Wildman–Crippen MR) is 156 cm³/mol. The molecule has 2 heterocycles. The number of hydrogen-bond donors (Lipinski definition) is 2. The van der Waals surface area contributed by atoms with Crippen molar-refractivity contribution in [3.05, 3.63) is 46.6 Å². The number of ether oxygens (including phenoxy) is 1. The van der Waals surface area contributed by atoms with Gasteiger partial charge in [0.1, 0.15) is 0 Å². The van der Waals surface area contributed by atoms with E-state index >= 15 is 0 Å². The van der Waals surface area contributed by atoms with Crippen LogP contribution in [0, 0.1) is 12.8 Å². The van der Waals surface area contributed by atoms with Gasteiger partial charge < -0.3 is 19.7 Å². The van der Waals surface area contributed by atoms with Crippen LogP contribution in [-0.2, 0) is 22.3 Å². The molecule has 2 N–H and O–H groups in total. The Morgan fingerprint density at radius 1 is 1.05 bits per heavy atom. The summed E-state index contributed by atoms with van der Waals surface area (Å²) < 4.78 is 7.88. The Morgan fingerprint density at radius 3 is 2.32 bits per heavy atom. The van der Waals surface area contributed by atoms with Gasteiger partial charge in [-0.2, -0.15) is 0 Å². The summed E-state index contributed by atoms with van der Waals surface area (Å²) in [5, 5.41) is 14.2. The van der Waals surface area contributed by atoms with Crippen molar-refractivity contribution in [1.82, 2.24) is 9.88 Å². The highest BCUT2D eigenvalue weighted by Crippen LogP contribution is 2.49. The Labute approximate surface area is 230 Å². The van der Waals surface area contributed by atoms with Crippen LogP contribution in [0.5, 0.6) is 0 Å². The maximum Gasteiger partial charge on any atom is 0.253 e. The number of hydrogen-bond acceptors (Lipinski definition) is 3. The van der Waals surface area contributed by atoms with Gasteiger partial charge in [-0.3, -0.25) is 4.79 Å². The summed E-state index contributed by atoms with van der Waals surface area (Å²) in [6.07, 6.45) is 10.6. The highest BCUT2D eigenvalue weighted by atomic mass is 16.5. The molecule has 0 bridgehead atoms. The van der Waals surface area contributed by atoms with Gasteiger partial charge in [-0.25, -0.2) is 0 Å². The van der Waals surface area contributed by atoms with Gasteiger partial charge in [0.05, 0.1) is 11.2 Å². The lowest BCUT2D eigenvalue weighted by Crippen LogP contribution is -2.39. The Hall–Kier alpha value is -2.11. The average Bonchev–Trinajstić information content (AvgIpc) is 3.59. The quantitative estimate of drug-likeness (QED) is 0.402. The fourth-order valence-electron chi connectivity index (χ4n) is 6.04. The van der Waals surface area contributed by atoms with E-state index in [2.05, 4.69) is 48.0 Å². The fraction of sp³-hybridized carbons (Fsp3) is 0.667. The molecule has 0 atom stereocenters. The highest BCUT2D eigenvalue weighted by Gasteiger charge is 2.40. The first-order chi connectivity index (χ1) is 18.1. The van der Waals surface area contributed by atoms with E-state index in [1.165, 1.54) is 50.5 Å². The van der Waals surface area contributed by atoms with Crippen LogP contribution in [0.2, 0.25) is 0 Å². The molecule has 1 aromatic carbocycles. The van der Waals surface area contributed by atoms with E-state index < -0.39 is 5.60 Å². The summed E-state index contributed by atoms with van der Waals surface area (Å²) >= 11 is 0. The number of aliphatic hydroxyl groups is 1. The van der Waals surface area contributed by atoms with Crippen LogP contribution in [0.25, 0.3) is 11.3 Å². The SMILES string of the molecule is CC.Cc1c(C(=O)NC2CCOCC2)cc(-c2cc(C(C)(C)O)cc(C3(C)CC3)c2)n1CC1CCCCC1. The topological polar surface area (TPSA) is 63.5 Å². The maximum absolute atomic E-state index is 13.5. The summed E-state index contributed by atoms with van der Waals surface area (Å²) in [5.74, 6) is 0.670. The highest BCUT2D eigenvalue weighted by molar-refractivity contribution is 5.97. The van der Waals surface area contributed by atoms with Gasteiger partial charge in [0.2, 0.25) is 0 Å². The third kappa shape index (κ3) is 6.54. The predicted octanol–water partition coefficient (Wildman–Crippen LogP) is 7.26. The van der Waals surface area contributed by atoms with Crippen LogP contribution >= 0.6 is 0 Å². The summed E-state index contributed by atoms with van der Waals surface area (Å²) in [6, 6.07) is 8.93. The molecule has 3 fully saturated rings. The number of rotatable bonds is 7. The normalized spacial score (nSPS) is 20.0. The van der Waals surface area contributed by atoms with Crippen LogP contribution in [-0.4, -0.2) is 34.8 Å². The molecule has 5 rings (SSSR count). The monoisotopic (exact) mass is 522 g/mol. The number of aromatic nitrogens is 1. The van der Waals surface area contributed by atoms with Crippen molar-refractivity contribution >= 4 is 5.91 Å². The average molecular weight is 523 g/mol. The number of nitrogens with zero attached hydrogens (tertiary/aromatic N) is 1. The van der Waals surface area contributed by atoms with Gasteiger partial charge in [0.25, 0.3) is 5.91 Å². The fourth-order valence-corrected chi connectivity index (χ4v) is 6.04. The van der Waals surface area contributed by atoms with Crippen molar-refractivity contribution in [3.8, 4) is 11.3 Å². The summed E-state index contributed by atoms with van der Waals surface area (Å²) in [5.41, 5.74) is 5.55. The minimum atomic E-state index is -0.922. The molecule has 1 aliphatic heterocycles. The summed E-state index contributed by atoms with van der Waals surface area (Å²) in [4.78, 5) is 13.5. The van der Waals surface area contributed by atoms with Crippen molar-refractivity contribution < 1.29 is 14.6 Å². The summed E-state index contributed by atoms with van der Waals surface area (Å²) in [6.45, 7) is 14.5. The zero-order valence-electron chi connectivity index (χ0n) is 24.7. The molecule has 38 heavy (non-hydrogen) atoms. The first kappa shape index (κ1) is 28.9. The molecule has 1 saturated heterocycles. The van der Waals surface area contributed by atoms with Crippen molar-refractivity contribution in [3.63, 3.8) is 0 Å². The minimum Gasteiger partial charge on any atom is -0.386 e. The zero-order valence-corrected chi connectivity index (χ0v) is 24.7. The van der Waals surface area contributed by atoms with E-state index in [9.17, 15) is 9.90 Å². The molecule has 210 valence electrons. The second-order valence-electron chi connectivity index (χ2n) is 12.4. The van der Waals surface area contributed by atoms with Crippen LogP contribution in [0.1, 0.15) is 120 Å². The van der Waals surface area contributed by atoms with E-state index in [0.717, 1.165) is 47.5 Å². The van der Waals surface area contributed by atoms with E-state index in [0.29, 0.717) is 19.1 Å². The Bertz CT molecular complexity index is 1070. The molecule has 0 radical (unpaired) electrons. The van der Waals surface area contributed by atoms with Crippen LogP contribution in [0.4, 0.5) is 0 Å². The van der Waals surface area contributed by atoms with Gasteiger partial charge in [-0.1, -0.05) is 46.1 Å². The number of amides is 1. The van der Waals surface area contributed by atoms with Crippen molar-refractivity contribution in [2.75, 3.05) is 13.2 Å². The molecular weight excluding hydrogens is 472 g/mol. The smallest absolute Gasteiger partial charge is 0.253 e. The molecule has 1 amide bonds. The van der Waals surface area contributed by atoms with Crippen molar-refractivity contribution in [2.45, 2.75) is 123 Å². The molecule has 5 heteroatoms. The Morgan fingerprint density at radius 2 is 1.71 bits per heavy atom. The molecule has 2 saturated carbocycles. The van der Waals surface area contributed by atoms with E-state index in [-0.39, 0.29) is 17.4 Å². The van der Waals surface area contributed by atoms with Crippen LogP contribution < -0.4 is 5.32 Å². The summed E-state index contributed by atoms with van der Waals surface area (Å²) in [7, 11) is 0. The maximum atomic E-state index is 13.5. The van der Waals surface area contributed by atoms with Gasteiger partial charge in [0.15, 0.2) is 0 Å². The van der Waals surface area contributed by atoms with Crippen LogP contribution in [0.3, 0.4) is 0 Å². The molecule has 5 nitrogen and oxygen atoms in total. The Kier molecular flexibility index (Phi) is 9.09. The first-order valence-electron chi connectivity index (χ1n) is 15.1. The number of carbonyl (C=O) groups is 1. The zero-order chi connectivity index (χ0) is 27.5. The largest absolute Gasteiger partial charge is 0.386 e. The van der Waals surface area contributed by atoms with Crippen LogP contribution in [0.15, 0.2) is 24.3 Å². The molecule has 0 unspecified atom stereocenters. The second kappa shape index (κ2) is 12.0. The van der Waals surface area contributed by atoms with Crippen molar-refractivity contribution in [1.29, 1.82) is 0 Å². The van der Waals surface area contributed by atoms with E-state index in [4.69, 9.17) is 4.74 Å². The molecule has 2 aromatic rings. The van der Waals surface area contributed by atoms with Gasteiger partial charge in [-0.05, 0) is 106 Å². The van der Waals surface area contributed by atoms with Gasteiger partial charge >= 0.3 is 0 Å². The lowest BCUT2D eigenvalue weighted by atomic mass is 9.87. The molecule has 3 aliphatic rings. The lowest BCUT2D eigenvalue weighted by molar-refractivity contribution is 0.0695. The lowest BCUT2D eigenvalue weighted by Gasteiger charge is -2.26. The molecular formula is C33H50N2O3. The minimum absolute atomic E-state index is 0.0241. The van der Waals surface area contributed by atoms with Gasteiger partial charge in [0, 0.05) is 37.2 Å². The second-order valence-corrected chi connectivity index (χ2v) is 12.4. The van der Waals surface area contributed by atoms with E-state index in [1.807, 2.05) is 27.7 Å². The van der Waals surface area contributed by atoms with E-state index in [1.54, 1.807) is 0 Å². The number of nitrogens with one attached hydrogen (secondary N) is 1. The standard InChI is InChI=1S/C31H44N2O3.C2H6/c1-21-27(29(34)32-26-10-14-36-15-11-26)19-28(33(21)20-22-8-6-5-7-9-22)23-16-24(30(2,3)35)18-25(17-23)31(4)12-13-31;1-2/h16-19,22,26,35H,5-15,20H2,1-4H3,(H,32,34);1-2H3. The van der Waals surface area contributed by atoms with Crippen molar-refractivity contribution in [2.24, 2.45) is 5.92 Å². The Balaban J connectivity index is 0.00000164. The number of carbonyl (C=O) groups excluding carboxylic acids is 1. The molecule has 0 spiro atoms.